The van der Waals surface area contributed by atoms with Crippen LogP contribution in [0.25, 0.3) is 11.5 Å². The van der Waals surface area contributed by atoms with Gasteiger partial charge in [-0.1, -0.05) is 35.9 Å². The summed E-state index contributed by atoms with van der Waals surface area (Å²) in [5.74, 6) is 1.20. The molecule has 0 spiro atoms. The van der Waals surface area contributed by atoms with Crippen LogP contribution >= 0.6 is 11.6 Å². The normalized spacial score (nSPS) is 15.9. The molecule has 1 aromatic heterocycles. The van der Waals surface area contributed by atoms with E-state index >= 15 is 0 Å². The van der Waals surface area contributed by atoms with E-state index in [0.29, 0.717) is 23.3 Å². The van der Waals surface area contributed by atoms with Gasteiger partial charge in [-0.15, -0.1) is 10.2 Å². The van der Waals surface area contributed by atoms with Crippen molar-refractivity contribution in [2.45, 2.75) is 20.0 Å². The standard InChI is InChI=1S/C21H23ClN4O/c1-16-4-2-3-5-18(16)14-25-10-12-26(13-11-25)15-20-23-24-21(27-20)17-6-8-19(22)9-7-17/h2-9H,10-15H2,1H3. The van der Waals surface area contributed by atoms with Crippen LogP contribution in [0.15, 0.2) is 52.9 Å². The highest BCUT2D eigenvalue weighted by Gasteiger charge is 2.19. The van der Waals surface area contributed by atoms with Gasteiger partial charge in [0.2, 0.25) is 11.8 Å². The van der Waals surface area contributed by atoms with E-state index in [9.17, 15) is 0 Å². The minimum absolute atomic E-state index is 0.542. The van der Waals surface area contributed by atoms with Crippen LogP contribution in [0.5, 0.6) is 0 Å². The van der Waals surface area contributed by atoms with E-state index in [0.717, 1.165) is 38.3 Å². The van der Waals surface area contributed by atoms with E-state index in [2.05, 4.69) is 51.2 Å². The van der Waals surface area contributed by atoms with Gasteiger partial charge >= 0.3 is 0 Å². The third-order valence-corrected chi connectivity index (χ3v) is 5.29. The second kappa shape index (κ2) is 8.21. The summed E-state index contributed by atoms with van der Waals surface area (Å²) in [5, 5.41) is 9.06. The fourth-order valence-corrected chi connectivity index (χ4v) is 3.48. The molecule has 1 aliphatic rings. The molecule has 140 valence electrons. The Balaban J connectivity index is 1.31. The molecule has 0 radical (unpaired) electrons. The van der Waals surface area contributed by atoms with Crippen molar-refractivity contribution in [2.24, 2.45) is 0 Å². The highest BCUT2D eigenvalue weighted by molar-refractivity contribution is 6.30. The van der Waals surface area contributed by atoms with Crippen LogP contribution in [0.2, 0.25) is 5.02 Å². The molecule has 4 rings (SSSR count). The zero-order valence-electron chi connectivity index (χ0n) is 15.4. The van der Waals surface area contributed by atoms with Gasteiger partial charge in [0.1, 0.15) is 0 Å². The molecule has 2 heterocycles. The molecule has 2 aromatic carbocycles. The van der Waals surface area contributed by atoms with Gasteiger partial charge in [-0.25, -0.2) is 0 Å². The topological polar surface area (TPSA) is 45.4 Å². The molecule has 0 amide bonds. The Morgan fingerprint density at radius 2 is 1.56 bits per heavy atom. The number of piperazine rings is 1. The molecule has 5 nitrogen and oxygen atoms in total. The van der Waals surface area contributed by atoms with Crippen molar-refractivity contribution in [3.8, 4) is 11.5 Å². The van der Waals surface area contributed by atoms with Gasteiger partial charge in [0.15, 0.2) is 0 Å². The van der Waals surface area contributed by atoms with Crippen LogP contribution in [0, 0.1) is 6.92 Å². The molecule has 0 unspecified atom stereocenters. The Morgan fingerprint density at radius 1 is 0.889 bits per heavy atom. The fraction of sp³-hybridized carbons (Fsp3) is 0.333. The Hall–Kier alpha value is -2.21. The van der Waals surface area contributed by atoms with E-state index in [1.165, 1.54) is 11.1 Å². The monoisotopic (exact) mass is 382 g/mol. The lowest BCUT2D eigenvalue weighted by Gasteiger charge is -2.34. The molecule has 1 aliphatic heterocycles. The number of benzene rings is 2. The van der Waals surface area contributed by atoms with Gasteiger partial charge in [0.25, 0.3) is 0 Å². The Bertz CT molecular complexity index is 885. The van der Waals surface area contributed by atoms with Crippen molar-refractivity contribution < 1.29 is 4.42 Å². The number of hydrogen-bond donors (Lipinski definition) is 0. The Labute approximate surface area is 164 Å². The van der Waals surface area contributed by atoms with Crippen molar-refractivity contribution in [1.82, 2.24) is 20.0 Å². The van der Waals surface area contributed by atoms with Gasteiger partial charge in [0.05, 0.1) is 6.54 Å². The minimum Gasteiger partial charge on any atom is -0.419 e. The summed E-state index contributed by atoms with van der Waals surface area (Å²) in [7, 11) is 0. The quantitative estimate of drug-likeness (QED) is 0.667. The van der Waals surface area contributed by atoms with Crippen molar-refractivity contribution in [2.75, 3.05) is 26.2 Å². The average molecular weight is 383 g/mol. The molecule has 0 atom stereocenters. The molecular weight excluding hydrogens is 360 g/mol. The smallest absolute Gasteiger partial charge is 0.247 e. The summed E-state index contributed by atoms with van der Waals surface area (Å²) in [6.45, 7) is 7.99. The van der Waals surface area contributed by atoms with Crippen LogP contribution < -0.4 is 0 Å². The van der Waals surface area contributed by atoms with E-state index < -0.39 is 0 Å². The van der Waals surface area contributed by atoms with Gasteiger partial charge in [-0.2, -0.15) is 0 Å². The van der Waals surface area contributed by atoms with E-state index in [-0.39, 0.29) is 0 Å². The van der Waals surface area contributed by atoms with Gasteiger partial charge in [0, 0.05) is 43.3 Å². The average Bonchev–Trinajstić information content (AvgIpc) is 3.14. The number of aryl methyl sites for hydroxylation is 1. The number of nitrogens with zero attached hydrogens (tertiary/aromatic N) is 4. The first kappa shape index (κ1) is 18.2. The largest absolute Gasteiger partial charge is 0.419 e. The highest BCUT2D eigenvalue weighted by Crippen LogP contribution is 2.21. The van der Waals surface area contributed by atoms with E-state index in [1.807, 2.05) is 24.3 Å². The van der Waals surface area contributed by atoms with Crippen molar-refractivity contribution in [3.63, 3.8) is 0 Å². The predicted octanol–water partition coefficient (Wildman–Crippen LogP) is 4.02. The fourth-order valence-electron chi connectivity index (χ4n) is 3.35. The maximum Gasteiger partial charge on any atom is 0.247 e. The van der Waals surface area contributed by atoms with Gasteiger partial charge in [-0.3, -0.25) is 9.80 Å². The molecule has 3 aromatic rings. The molecule has 0 bridgehead atoms. The second-order valence-electron chi connectivity index (χ2n) is 6.99. The zero-order chi connectivity index (χ0) is 18.6. The summed E-state index contributed by atoms with van der Waals surface area (Å²) in [4.78, 5) is 4.87. The van der Waals surface area contributed by atoms with Crippen LogP contribution in [-0.2, 0) is 13.1 Å². The van der Waals surface area contributed by atoms with E-state index in [4.69, 9.17) is 16.0 Å². The summed E-state index contributed by atoms with van der Waals surface area (Å²) in [5.41, 5.74) is 3.66. The number of aromatic nitrogens is 2. The summed E-state index contributed by atoms with van der Waals surface area (Å²) in [6.07, 6.45) is 0. The molecule has 0 aliphatic carbocycles. The minimum atomic E-state index is 0.542. The summed E-state index contributed by atoms with van der Waals surface area (Å²) in [6, 6.07) is 16.1. The number of hydrogen-bond acceptors (Lipinski definition) is 5. The maximum atomic E-state index is 5.93. The third kappa shape index (κ3) is 4.56. The van der Waals surface area contributed by atoms with Crippen molar-refractivity contribution >= 4 is 11.6 Å². The lowest BCUT2D eigenvalue weighted by atomic mass is 10.1. The second-order valence-corrected chi connectivity index (χ2v) is 7.42. The molecule has 1 saturated heterocycles. The Kier molecular flexibility index (Phi) is 5.53. The molecule has 27 heavy (non-hydrogen) atoms. The highest BCUT2D eigenvalue weighted by atomic mass is 35.5. The molecular formula is C21H23ClN4O. The maximum absolute atomic E-state index is 5.93. The summed E-state index contributed by atoms with van der Waals surface area (Å²) >= 11 is 5.93. The van der Waals surface area contributed by atoms with E-state index in [1.54, 1.807) is 0 Å². The van der Waals surface area contributed by atoms with Crippen LogP contribution in [0.3, 0.4) is 0 Å². The summed E-state index contributed by atoms with van der Waals surface area (Å²) < 4.78 is 5.83. The first-order valence-electron chi connectivity index (χ1n) is 9.25. The molecule has 0 N–H and O–H groups in total. The lowest BCUT2D eigenvalue weighted by molar-refractivity contribution is 0.114. The zero-order valence-corrected chi connectivity index (χ0v) is 16.2. The molecule has 1 fully saturated rings. The van der Waals surface area contributed by atoms with Crippen LogP contribution in [0.4, 0.5) is 0 Å². The first-order valence-corrected chi connectivity index (χ1v) is 9.63. The third-order valence-electron chi connectivity index (χ3n) is 5.04. The van der Waals surface area contributed by atoms with Crippen LogP contribution in [-0.4, -0.2) is 46.2 Å². The van der Waals surface area contributed by atoms with Crippen LogP contribution in [0.1, 0.15) is 17.0 Å². The predicted molar refractivity (Wildman–Crippen MR) is 106 cm³/mol. The van der Waals surface area contributed by atoms with Gasteiger partial charge in [-0.05, 0) is 42.3 Å². The molecule has 0 saturated carbocycles. The SMILES string of the molecule is Cc1ccccc1CN1CCN(Cc2nnc(-c3ccc(Cl)cc3)o2)CC1. The number of halogens is 1. The van der Waals surface area contributed by atoms with Crippen molar-refractivity contribution in [1.29, 1.82) is 0 Å². The Morgan fingerprint density at radius 3 is 2.26 bits per heavy atom. The van der Waals surface area contributed by atoms with Crippen molar-refractivity contribution in [3.05, 3.63) is 70.6 Å². The number of rotatable bonds is 5. The first-order chi connectivity index (χ1) is 13.2. The molecule has 6 heteroatoms. The van der Waals surface area contributed by atoms with Gasteiger partial charge < -0.3 is 4.42 Å². The lowest BCUT2D eigenvalue weighted by Crippen LogP contribution is -2.45.